The van der Waals surface area contributed by atoms with Crippen LogP contribution < -0.4 is 5.73 Å². The molecule has 2 fully saturated rings. The van der Waals surface area contributed by atoms with Crippen molar-refractivity contribution < 1.29 is 5.11 Å². The Labute approximate surface area is 80.5 Å². The molecule has 3 unspecified atom stereocenters. The van der Waals surface area contributed by atoms with Gasteiger partial charge in [0.25, 0.3) is 0 Å². The molecule has 1 spiro atoms. The Balaban J connectivity index is 2.14. The highest BCUT2D eigenvalue weighted by Crippen LogP contribution is 2.71. The van der Waals surface area contributed by atoms with Gasteiger partial charge in [-0.1, -0.05) is 26.2 Å². The maximum atomic E-state index is 9.41. The molecule has 3 atom stereocenters. The van der Waals surface area contributed by atoms with Crippen LogP contribution in [0.15, 0.2) is 0 Å². The quantitative estimate of drug-likeness (QED) is 0.682. The zero-order chi connectivity index (χ0) is 9.53. The van der Waals surface area contributed by atoms with Gasteiger partial charge < -0.3 is 10.8 Å². The van der Waals surface area contributed by atoms with Crippen molar-refractivity contribution >= 4 is 0 Å². The molecule has 0 heterocycles. The van der Waals surface area contributed by atoms with Gasteiger partial charge in [0.05, 0.1) is 6.61 Å². The van der Waals surface area contributed by atoms with Gasteiger partial charge in [0.15, 0.2) is 0 Å². The van der Waals surface area contributed by atoms with E-state index in [0.717, 1.165) is 5.92 Å². The number of hydrogen-bond donors (Lipinski definition) is 2. The molecule has 0 aromatic heterocycles. The van der Waals surface area contributed by atoms with E-state index in [1.807, 2.05) is 0 Å². The van der Waals surface area contributed by atoms with Crippen molar-refractivity contribution in [2.45, 2.75) is 39.0 Å². The minimum absolute atomic E-state index is 0.104. The van der Waals surface area contributed by atoms with Crippen LogP contribution in [0.1, 0.15) is 39.0 Å². The van der Waals surface area contributed by atoms with Crippen molar-refractivity contribution in [3.63, 3.8) is 0 Å². The Morgan fingerprint density at radius 3 is 2.69 bits per heavy atom. The Morgan fingerprint density at radius 2 is 2.23 bits per heavy atom. The summed E-state index contributed by atoms with van der Waals surface area (Å²) >= 11 is 0. The Hall–Kier alpha value is -0.0800. The minimum atomic E-state index is 0.104. The van der Waals surface area contributed by atoms with Gasteiger partial charge in [0.2, 0.25) is 0 Å². The molecule has 0 aliphatic heterocycles. The first-order chi connectivity index (χ1) is 6.21. The maximum Gasteiger partial charge on any atom is 0.0505 e. The molecule has 2 heteroatoms. The highest BCUT2D eigenvalue weighted by atomic mass is 16.3. The predicted molar refractivity (Wildman–Crippen MR) is 53.3 cm³/mol. The maximum absolute atomic E-state index is 9.41. The van der Waals surface area contributed by atoms with Crippen molar-refractivity contribution in [3.8, 4) is 0 Å². The third kappa shape index (κ3) is 1.08. The molecule has 2 rings (SSSR count). The number of hydrogen-bond acceptors (Lipinski definition) is 2. The summed E-state index contributed by atoms with van der Waals surface area (Å²) in [4.78, 5) is 0. The first-order valence-electron chi connectivity index (χ1n) is 5.52. The molecule has 0 aromatic carbocycles. The van der Waals surface area contributed by atoms with E-state index in [0.29, 0.717) is 18.6 Å². The summed E-state index contributed by atoms with van der Waals surface area (Å²) in [6, 6.07) is 0. The molecule has 13 heavy (non-hydrogen) atoms. The largest absolute Gasteiger partial charge is 0.396 e. The lowest BCUT2D eigenvalue weighted by Gasteiger charge is -2.33. The van der Waals surface area contributed by atoms with Crippen LogP contribution in [0.25, 0.3) is 0 Å². The lowest BCUT2D eigenvalue weighted by Crippen LogP contribution is -2.32. The molecule has 76 valence electrons. The summed E-state index contributed by atoms with van der Waals surface area (Å²) in [6.45, 7) is 3.31. The van der Waals surface area contributed by atoms with Crippen LogP contribution in [0.3, 0.4) is 0 Å². The fourth-order valence-corrected chi connectivity index (χ4v) is 3.58. The van der Waals surface area contributed by atoms with Crippen LogP contribution in [-0.4, -0.2) is 18.3 Å². The summed E-state index contributed by atoms with van der Waals surface area (Å²) in [5.74, 6) is 0.775. The molecular weight excluding hydrogens is 162 g/mol. The fourth-order valence-electron chi connectivity index (χ4n) is 3.58. The number of aliphatic hydroxyl groups excluding tert-OH is 1. The van der Waals surface area contributed by atoms with Crippen molar-refractivity contribution in [1.82, 2.24) is 0 Å². The first kappa shape index (κ1) is 9.47. The topological polar surface area (TPSA) is 46.2 Å². The molecule has 2 nitrogen and oxygen atoms in total. The van der Waals surface area contributed by atoms with Gasteiger partial charge in [-0.05, 0) is 24.2 Å². The third-order valence-electron chi connectivity index (χ3n) is 4.73. The summed E-state index contributed by atoms with van der Waals surface area (Å²) < 4.78 is 0. The van der Waals surface area contributed by atoms with Crippen LogP contribution in [0.2, 0.25) is 0 Å². The Morgan fingerprint density at radius 1 is 1.46 bits per heavy atom. The van der Waals surface area contributed by atoms with Gasteiger partial charge in [-0.2, -0.15) is 0 Å². The van der Waals surface area contributed by atoms with Crippen LogP contribution in [-0.2, 0) is 0 Å². The summed E-state index contributed by atoms with van der Waals surface area (Å²) in [5.41, 5.74) is 6.32. The van der Waals surface area contributed by atoms with Gasteiger partial charge in [-0.25, -0.2) is 0 Å². The number of nitrogens with two attached hydrogens (primary N) is 1. The highest BCUT2D eigenvalue weighted by molar-refractivity contribution is 5.17. The highest BCUT2D eigenvalue weighted by Gasteiger charge is 2.67. The molecule has 2 aliphatic carbocycles. The lowest BCUT2D eigenvalue weighted by molar-refractivity contribution is 0.115. The smallest absolute Gasteiger partial charge is 0.0505 e. The van der Waals surface area contributed by atoms with E-state index in [1.54, 1.807) is 0 Å². The van der Waals surface area contributed by atoms with E-state index >= 15 is 0 Å². The molecule has 0 bridgehead atoms. The fraction of sp³-hybridized carbons (Fsp3) is 1.00. The predicted octanol–water partition coefficient (Wildman–Crippen LogP) is 1.52. The standard InChI is InChI=1S/C11H21NO/c1-9-4-2-3-5-11(9)6-10(11,7-12)8-13/h9,13H,2-8,12H2,1H3. The second-order valence-electron chi connectivity index (χ2n) is 5.12. The summed E-state index contributed by atoms with van der Waals surface area (Å²) in [7, 11) is 0. The van der Waals surface area contributed by atoms with E-state index in [-0.39, 0.29) is 5.41 Å². The monoisotopic (exact) mass is 183 g/mol. The van der Waals surface area contributed by atoms with Gasteiger partial charge in [0, 0.05) is 12.0 Å². The van der Waals surface area contributed by atoms with Gasteiger partial charge in [-0.15, -0.1) is 0 Å². The van der Waals surface area contributed by atoms with Crippen molar-refractivity contribution in [3.05, 3.63) is 0 Å². The third-order valence-corrected chi connectivity index (χ3v) is 4.73. The average molecular weight is 183 g/mol. The summed E-state index contributed by atoms with van der Waals surface area (Å²) in [6.07, 6.45) is 6.52. The van der Waals surface area contributed by atoms with Crippen molar-refractivity contribution in [1.29, 1.82) is 0 Å². The van der Waals surface area contributed by atoms with E-state index in [2.05, 4.69) is 6.92 Å². The van der Waals surface area contributed by atoms with Gasteiger partial charge >= 0.3 is 0 Å². The molecule has 2 aliphatic rings. The second kappa shape index (κ2) is 2.96. The van der Waals surface area contributed by atoms with E-state index in [4.69, 9.17) is 5.73 Å². The molecular formula is C11H21NO. The molecule has 0 aromatic rings. The van der Waals surface area contributed by atoms with E-state index in [9.17, 15) is 5.11 Å². The lowest BCUT2D eigenvalue weighted by atomic mass is 9.72. The molecule has 2 saturated carbocycles. The van der Waals surface area contributed by atoms with Crippen LogP contribution in [0.4, 0.5) is 0 Å². The van der Waals surface area contributed by atoms with Gasteiger partial charge in [-0.3, -0.25) is 0 Å². The zero-order valence-corrected chi connectivity index (χ0v) is 8.55. The average Bonchev–Trinajstić information content (AvgIpc) is 2.81. The minimum Gasteiger partial charge on any atom is -0.396 e. The SMILES string of the molecule is CC1CCCCC12CC2(CN)CO. The molecule has 3 N–H and O–H groups in total. The van der Waals surface area contributed by atoms with Crippen LogP contribution >= 0.6 is 0 Å². The number of aliphatic hydroxyl groups is 1. The number of rotatable bonds is 2. The zero-order valence-electron chi connectivity index (χ0n) is 8.55. The van der Waals surface area contributed by atoms with Crippen molar-refractivity contribution in [2.75, 3.05) is 13.2 Å². The molecule has 0 amide bonds. The van der Waals surface area contributed by atoms with Crippen LogP contribution in [0, 0.1) is 16.7 Å². The van der Waals surface area contributed by atoms with Crippen LogP contribution in [0.5, 0.6) is 0 Å². The molecule has 0 radical (unpaired) electrons. The summed E-state index contributed by atoms with van der Waals surface area (Å²) in [5, 5.41) is 9.41. The molecule has 0 saturated heterocycles. The normalized spacial score (nSPS) is 49.6. The Kier molecular flexibility index (Phi) is 2.16. The second-order valence-corrected chi connectivity index (χ2v) is 5.12. The Bertz CT molecular complexity index is 200. The van der Waals surface area contributed by atoms with Crippen molar-refractivity contribution in [2.24, 2.45) is 22.5 Å². The first-order valence-corrected chi connectivity index (χ1v) is 5.52. The van der Waals surface area contributed by atoms with E-state index < -0.39 is 0 Å². The van der Waals surface area contributed by atoms with E-state index in [1.165, 1.54) is 32.1 Å². The van der Waals surface area contributed by atoms with Gasteiger partial charge in [0.1, 0.15) is 0 Å².